The number of hydrogen-bond donors (Lipinski definition) is 1. The van der Waals surface area contributed by atoms with Gasteiger partial charge in [-0.05, 0) is 48.2 Å². The summed E-state index contributed by atoms with van der Waals surface area (Å²) in [4.78, 5) is 0. The molecule has 0 bridgehead atoms. The summed E-state index contributed by atoms with van der Waals surface area (Å²) in [5.74, 6) is 2.47. The van der Waals surface area contributed by atoms with E-state index in [-0.39, 0.29) is 6.04 Å². The Morgan fingerprint density at radius 3 is 2.59 bits per heavy atom. The van der Waals surface area contributed by atoms with Crippen LogP contribution in [-0.2, 0) is 13.0 Å². The number of para-hydroxylation sites is 1. The number of rotatable bonds is 7. The van der Waals surface area contributed by atoms with Crippen LogP contribution in [0.4, 0.5) is 0 Å². The van der Waals surface area contributed by atoms with E-state index in [1.54, 1.807) is 7.11 Å². The molecule has 3 aromatic carbocycles. The first kappa shape index (κ1) is 19.3. The summed E-state index contributed by atoms with van der Waals surface area (Å²) in [6, 6.07) is 22.7. The summed E-state index contributed by atoms with van der Waals surface area (Å²) >= 11 is 0. The van der Waals surface area contributed by atoms with Crippen molar-refractivity contribution in [1.29, 1.82) is 0 Å². The Morgan fingerprint density at radius 1 is 0.931 bits per heavy atom. The van der Waals surface area contributed by atoms with Gasteiger partial charge in [-0.3, -0.25) is 0 Å². The highest BCUT2D eigenvalue weighted by atomic mass is 16.5. The second-order valence-electron chi connectivity index (χ2n) is 7.08. The minimum absolute atomic E-state index is 0.0512. The lowest BCUT2D eigenvalue weighted by atomic mass is 9.89. The molecule has 1 N–H and O–H groups in total. The number of methoxy groups -OCH3 is 1. The molecule has 0 saturated carbocycles. The molecule has 0 fully saturated rings. The Morgan fingerprint density at radius 2 is 1.79 bits per heavy atom. The average Bonchev–Trinajstić information content (AvgIpc) is 2.78. The zero-order valence-corrected chi connectivity index (χ0v) is 17.0. The van der Waals surface area contributed by atoms with E-state index in [1.165, 1.54) is 11.1 Å². The van der Waals surface area contributed by atoms with Crippen LogP contribution in [0, 0.1) is 0 Å². The average molecular weight is 389 g/mol. The zero-order chi connectivity index (χ0) is 20.1. The van der Waals surface area contributed by atoms with Crippen LogP contribution in [0.3, 0.4) is 0 Å². The highest BCUT2D eigenvalue weighted by molar-refractivity contribution is 5.53. The van der Waals surface area contributed by atoms with Gasteiger partial charge in [0.1, 0.15) is 12.4 Å². The van der Waals surface area contributed by atoms with Gasteiger partial charge in [-0.25, -0.2) is 0 Å². The van der Waals surface area contributed by atoms with E-state index in [4.69, 9.17) is 14.2 Å². The largest absolute Gasteiger partial charge is 0.494 e. The van der Waals surface area contributed by atoms with Crippen LogP contribution in [0.5, 0.6) is 17.2 Å². The second-order valence-corrected chi connectivity index (χ2v) is 7.08. The molecule has 0 amide bonds. The second kappa shape index (κ2) is 9.01. The molecule has 4 rings (SSSR count). The maximum atomic E-state index is 6.29. The Bertz CT molecular complexity index is 956. The van der Waals surface area contributed by atoms with Crippen molar-refractivity contribution in [3.8, 4) is 17.2 Å². The molecular weight excluding hydrogens is 362 g/mol. The van der Waals surface area contributed by atoms with Gasteiger partial charge in [-0.1, -0.05) is 48.5 Å². The van der Waals surface area contributed by atoms with Gasteiger partial charge in [-0.15, -0.1) is 0 Å². The van der Waals surface area contributed by atoms with E-state index in [2.05, 4.69) is 35.6 Å². The van der Waals surface area contributed by atoms with Gasteiger partial charge < -0.3 is 19.5 Å². The topological polar surface area (TPSA) is 39.7 Å². The molecule has 4 heteroatoms. The van der Waals surface area contributed by atoms with Crippen LogP contribution in [0.2, 0.25) is 0 Å². The Kier molecular flexibility index (Phi) is 6.01. The summed E-state index contributed by atoms with van der Waals surface area (Å²) in [5, 5.41) is 3.66. The van der Waals surface area contributed by atoms with Crippen molar-refractivity contribution < 1.29 is 14.2 Å². The third kappa shape index (κ3) is 4.22. The highest BCUT2D eigenvalue weighted by Crippen LogP contribution is 2.40. The van der Waals surface area contributed by atoms with E-state index >= 15 is 0 Å². The Labute approximate surface area is 172 Å². The fourth-order valence-corrected chi connectivity index (χ4v) is 3.88. The molecule has 3 aromatic rings. The maximum absolute atomic E-state index is 6.29. The number of ether oxygens (including phenoxy) is 3. The molecule has 1 unspecified atom stereocenters. The molecule has 1 heterocycles. The fraction of sp³-hybridized carbons (Fsp3) is 0.280. The highest BCUT2D eigenvalue weighted by Gasteiger charge is 2.26. The van der Waals surface area contributed by atoms with Crippen LogP contribution in [0.25, 0.3) is 0 Å². The third-order valence-corrected chi connectivity index (χ3v) is 5.25. The van der Waals surface area contributed by atoms with E-state index in [1.807, 2.05) is 43.3 Å². The molecule has 1 aliphatic heterocycles. The molecular formula is C25H27NO3. The van der Waals surface area contributed by atoms with Crippen molar-refractivity contribution in [3.63, 3.8) is 0 Å². The first-order valence-electron chi connectivity index (χ1n) is 10.1. The van der Waals surface area contributed by atoms with Gasteiger partial charge in [0.15, 0.2) is 11.5 Å². The number of benzene rings is 3. The van der Waals surface area contributed by atoms with Crippen molar-refractivity contribution in [2.75, 3.05) is 20.3 Å². The zero-order valence-electron chi connectivity index (χ0n) is 17.0. The predicted octanol–water partition coefficient (Wildman–Crippen LogP) is 4.91. The smallest absolute Gasteiger partial charge is 0.166 e. The summed E-state index contributed by atoms with van der Waals surface area (Å²) in [6.07, 6.45) is 0.983. The standard InChI is InChI=1S/C25H27NO3/c1-3-28-20-12-13-21-19(16-20)14-15-26-24(21)22-10-7-11-23(27-2)25(22)29-17-18-8-5-4-6-9-18/h4-13,16,24,26H,3,14-15,17H2,1-2H3. The van der Waals surface area contributed by atoms with E-state index in [0.717, 1.165) is 41.3 Å². The molecule has 0 aliphatic carbocycles. The summed E-state index contributed by atoms with van der Waals surface area (Å²) in [5.41, 5.74) is 4.79. The molecule has 0 spiro atoms. The van der Waals surface area contributed by atoms with E-state index < -0.39 is 0 Å². The molecule has 4 nitrogen and oxygen atoms in total. The van der Waals surface area contributed by atoms with Crippen molar-refractivity contribution >= 4 is 0 Å². The van der Waals surface area contributed by atoms with Crippen molar-refractivity contribution in [2.45, 2.75) is 26.0 Å². The number of fused-ring (bicyclic) bond motifs is 1. The van der Waals surface area contributed by atoms with Crippen LogP contribution in [0.1, 0.15) is 35.2 Å². The molecule has 1 atom stereocenters. The first-order chi connectivity index (χ1) is 14.3. The van der Waals surface area contributed by atoms with Gasteiger partial charge in [0, 0.05) is 12.1 Å². The van der Waals surface area contributed by atoms with Gasteiger partial charge in [-0.2, -0.15) is 0 Å². The summed E-state index contributed by atoms with van der Waals surface area (Å²) in [6.45, 7) is 4.09. The maximum Gasteiger partial charge on any atom is 0.166 e. The Balaban J connectivity index is 1.68. The molecule has 0 radical (unpaired) electrons. The van der Waals surface area contributed by atoms with Gasteiger partial charge >= 0.3 is 0 Å². The van der Waals surface area contributed by atoms with Crippen LogP contribution < -0.4 is 19.5 Å². The summed E-state index contributed by atoms with van der Waals surface area (Å²) in [7, 11) is 1.69. The van der Waals surface area contributed by atoms with Crippen LogP contribution in [0.15, 0.2) is 66.7 Å². The van der Waals surface area contributed by atoms with Crippen LogP contribution >= 0.6 is 0 Å². The first-order valence-corrected chi connectivity index (χ1v) is 10.1. The SMILES string of the molecule is CCOc1ccc2c(c1)CCNC2c1cccc(OC)c1OCc1ccccc1. The monoisotopic (exact) mass is 389 g/mol. The third-order valence-electron chi connectivity index (χ3n) is 5.25. The van der Waals surface area contributed by atoms with Crippen molar-refractivity contribution in [3.05, 3.63) is 89.0 Å². The Hall–Kier alpha value is -2.98. The molecule has 0 saturated heterocycles. The van der Waals surface area contributed by atoms with Crippen LogP contribution in [-0.4, -0.2) is 20.3 Å². The van der Waals surface area contributed by atoms with Gasteiger partial charge in [0.25, 0.3) is 0 Å². The van der Waals surface area contributed by atoms with Crippen molar-refractivity contribution in [1.82, 2.24) is 5.32 Å². The number of nitrogens with one attached hydrogen (secondary N) is 1. The lowest BCUT2D eigenvalue weighted by Gasteiger charge is -2.29. The minimum Gasteiger partial charge on any atom is -0.494 e. The van der Waals surface area contributed by atoms with Gasteiger partial charge in [0.2, 0.25) is 0 Å². The molecule has 1 aliphatic rings. The van der Waals surface area contributed by atoms with Crippen molar-refractivity contribution in [2.24, 2.45) is 0 Å². The fourth-order valence-electron chi connectivity index (χ4n) is 3.88. The lowest BCUT2D eigenvalue weighted by molar-refractivity contribution is 0.279. The van der Waals surface area contributed by atoms with E-state index in [9.17, 15) is 0 Å². The number of hydrogen-bond acceptors (Lipinski definition) is 4. The quantitative estimate of drug-likeness (QED) is 0.623. The molecule has 150 valence electrons. The van der Waals surface area contributed by atoms with Gasteiger partial charge in [0.05, 0.1) is 19.8 Å². The van der Waals surface area contributed by atoms with E-state index in [0.29, 0.717) is 13.2 Å². The molecule has 29 heavy (non-hydrogen) atoms. The predicted molar refractivity (Wildman–Crippen MR) is 115 cm³/mol. The lowest BCUT2D eigenvalue weighted by Crippen LogP contribution is -2.31. The normalized spacial score (nSPS) is 15.4. The minimum atomic E-state index is 0.0512. The summed E-state index contributed by atoms with van der Waals surface area (Å²) < 4.78 is 17.6. The molecule has 0 aromatic heterocycles.